The van der Waals surface area contributed by atoms with E-state index in [0.29, 0.717) is 0 Å². The smallest absolute Gasteiger partial charge is 0.0111 e. The molecule has 2 heteroatoms. The number of hydrogen-bond donors (Lipinski definition) is 1. The Morgan fingerprint density at radius 3 is 2.76 bits per heavy atom. The average molecular weight is 236 g/mol. The van der Waals surface area contributed by atoms with Gasteiger partial charge < -0.3 is 10.2 Å². The van der Waals surface area contributed by atoms with Gasteiger partial charge in [0.1, 0.15) is 0 Å². The fourth-order valence-corrected chi connectivity index (χ4v) is 4.07. The van der Waals surface area contributed by atoms with Gasteiger partial charge in [0.15, 0.2) is 0 Å². The summed E-state index contributed by atoms with van der Waals surface area (Å²) in [4.78, 5) is 2.72. The molecule has 98 valence electrons. The van der Waals surface area contributed by atoms with Gasteiger partial charge in [-0.05, 0) is 58.0 Å². The van der Waals surface area contributed by atoms with Gasteiger partial charge >= 0.3 is 0 Å². The third-order valence-electron chi connectivity index (χ3n) is 5.25. The third kappa shape index (κ3) is 2.85. The van der Waals surface area contributed by atoms with Crippen molar-refractivity contribution in [2.24, 2.45) is 5.92 Å². The van der Waals surface area contributed by atoms with Crippen molar-refractivity contribution in [3.05, 3.63) is 0 Å². The minimum absolute atomic E-state index is 0.748. The molecule has 0 aromatic carbocycles. The Hall–Kier alpha value is -0.0800. The van der Waals surface area contributed by atoms with E-state index in [1.807, 2.05) is 0 Å². The van der Waals surface area contributed by atoms with Crippen LogP contribution in [-0.4, -0.2) is 36.1 Å². The van der Waals surface area contributed by atoms with Crippen molar-refractivity contribution in [2.45, 2.75) is 76.4 Å². The van der Waals surface area contributed by atoms with Crippen molar-refractivity contribution < 1.29 is 0 Å². The van der Waals surface area contributed by atoms with Crippen LogP contribution in [0, 0.1) is 5.92 Å². The summed E-state index contributed by atoms with van der Waals surface area (Å²) < 4.78 is 0. The lowest BCUT2D eigenvalue weighted by Gasteiger charge is -2.37. The molecule has 0 aromatic rings. The molecule has 2 aliphatic heterocycles. The highest BCUT2D eigenvalue weighted by molar-refractivity contribution is 4.90. The zero-order chi connectivity index (χ0) is 11.7. The third-order valence-corrected chi connectivity index (χ3v) is 5.25. The van der Waals surface area contributed by atoms with E-state index < -0.39 is 0 Å². The maximum absolute atomic E-state index is 3.90. The Morgan fingerprint density at radius 2 is 2.00 bits per heavy atom. The monoisotopic (exact) mass is 236 g/mol. The van der Waals surface area contributed by atoms with Gasteiger partial charge in [0.25, 0.3) is 0 Å². The van der Waals surface area contributed by atoms with Gasteiger partial charge in [-0.15, -0.1) is 0 Å². The lowest BCUT2D eigenvalue weighted by atomic mass is 9.81. The molecular weight excluding hydrogens is 208 g/mol. The number of fused-ring (bicyclic) bond motifs is 1. The van der Waals surface area contributed by atoms with Gasteiger partial charge in [-0.25, -0.2) is 0 Å². The van der Waals surface area contributed by atoms with Crippen LogP contribution < -0.4 is 5.32 Å². The summed E-state index contributed by atoms with van der Waals surface area (Å²) in [6.07, 6.45) is 11.6. The summed E-state index contributed by atoms with van der Waals surface area (Å²) in [5, 5.41) is 3.90. The summed E-state index contributed by atoms with van der Waals surface area (Å²) in [6, 6.07) is 2.47. The average Bonchev–Trinajstić information content (AvgIpc) is 2.71. The first-order valence-corrected chi connectivity index (χ1v) is 7.81. The zero-order valence-electron chi connectivity index (χ0n) is 11.3. The first kappa shape index (κ1) is 12.0. The molecule has 2 saturated heterocycles. The van der Waals surface area contributed by atoms with Crippen LogP contribution in [0.25, 0.3) is 0 Å². The molecule has 1 aliphatic carbocycles. The summed E-state index contributed by atoms with van der Waals surface area (Å²) >= 11 is 0. The number of rotatable bonds is 4. The Morgan fingerprint density at radius 1 is 1.12 bits per heavy atom. The fourth-order valence-electron chi connectivity index (χ4n) is 4.07. The van der Waals surface area contributed by atoms with Crippen LogP contribution in [0.4, 0.5) is 0 Å². The Balaban J connectivity index is 1.42. The van der Waals surface area contributed by atoms with Crippen molar-refractivity contribution in [1.82, 2.24) is 10.2 Å². The minimum Gasteiger partial charge on any atom is -0.311 e. The van der Waals surface area contributed by atoms with E-state index in [4.69, 9.17) is 0 Å². The highest BCUT2D eigenvalue weighted by Crippen LogP contribution is 2.31. The van der Waals surface area contributed by atoms with Crippen molar-refractivity contribution in [2.75, 3.05) is 13.1 Å². The fraction of sp³-hybridized carbons (Fsp3) is 1.00. The summed E-state index contributed by atoms with van der Waals surface area (Å²) in [5.41, 5.74) is 0. The zero-order valence-corrected chi connectivity index (χ0v) is 11.3. The molecule has 3 rings (SSSR count). The lowest BCUT2D eigenvalue weighted by Crippen LogP contribution is -2.48. The molecule has 17 heavy (non-hydrogen) atoms. The van der Waals surface area contributed by atoms with Gasteiger partial charge in [0, 0.05) is 18.1 Å². The van der Waals surface area contributed by atoms with Crippen molar-refractivity contribution in [3.8, 4) is 0 Å². The van der Waals surface area contributed by atoms with E-state index in [0.717, 1.165) is 24.0 Å². The summed E-state index contributed by atoms with van der Waals surface area (Å²) in [5.74, 6) is 1.05. The number of hydrogen-bond acceptors (Lipinski definition) is 2. The molecule has 3 atom stereocenters. The molecule has 1 N–H and O–H groups in total. The summed E-state index contributed by atoms with van der Waals surface area (Å²) in [6.45, 7) is 5.12. The molecule has 2 nitrogen and oxygen atoms in total. The van der Waals surface area contributed by atoms with Crippen LogP contribution in [0.1, 0.15) is 58.3 Å². The predicted molar refractivity (Wildman–Crippen MR) is 72.2 cm³/mol. The summed E-state index contributed by atoms with van der Waals surface area (Å²) in [7, 11) is 0. The van der Waals surface area contributed by atoms with Gasteiger partial charge in [-0.2, -0.15) is 0 Å². The van der Waals surface area contributed by atoms with Crippen LogP contribution in [0.2, 0.25) is 0 Å². The second-order valence-corrected chi connectivity index (χ2v) is 6.65. The van der Waals surface area contributed by atoms with Crippen LogP contribution >= 0.6 is 0 Å². The molecule has 0 aromatic heterocycles. The van der Waals surface area contributed by atoms with Crippen LogP contribution in [0.3, 0.4) is 0 Å². The molecule has 0 amide bonds. The Bertz CT molecular complexity index is 249. The maximum atomic E-state index is 3.90. The van der Waals surface area contributed by atoms with E-state index in [1.54, 1.807) is 0 Å². The maximum Gasteiger partial charge on any atom is 0.0111 e. The number of nitrogens with one attached hydrogen (secondary N) is 1. The van der Waals surface area contributed by atoms with Gasteiger partial charge in [0.05, 0.1) is 0 Å². The first-order chi connectivity index (χ1) is 8.31. The first-order valence-electron chi connectivity index (χ1n) is 7.81. The van der Waals surface area contributed by atoms with Gasteiger partial charge in [-0.1, -0.05) is 19.3 Å². The Labute approximate surface area is 106 Å². The molecule has 0 bridgehead atoms. The topological polar surface area (TPSA) is 15.3 Å². The molecule has 3 unspecified atom stereocenters. The van der Waals surface area contributed by atoms with E-state index in [9.17, 15) is 0 Å². The van der Waals surface area contributed by atoms with Crippen molar-refractivity contribution in [3.63, 3.8) is 0 Å². The largest absolute Gasteiger partial charge is 0.311 e. The molecule has 2 heterocycles. The van der Waals surface area contributed by atoms with E-state index in [-0.39, 0.29) is 0 Å². The number of nitrogens with zero attached hydrogens (tertiary/aromatic N) is 1. The molecular formula is C15H28N2. The normalized spacial score (nSPS) is 36.5. The SMILES string of the molecule is CC(CC1CCC1)NC1CCN2CCCC2C1. The minimum atomic E-state index is 0.748. The van der Waals surface area contributed by atoms with E-state index in [1.165, 1.54) is 64.5 Å². The molecule has 3 fully saturated rings. The van der Waals surface area contributed by atoms with E-state index in [2.05, 4.69) is 17.1 Å². The highest BCUT2D eigenvalue weighted by atomic mass is 15.2. The predicted octanol–water partition coefficient (Wildman–Crippen LogP) is 2.78. The molecule has 0 radical (unpaired) electrons. The van der Waals surface area contributed by atoms with Gasteiger partial charge in [0.2, 0.25) is 0 Å². The molecule has 1 saturated carbocycles. The lowest BCUT2D eigenvalue weighted by molar-refractivity contribution is 0.155. The van der Waals surface area contributed by atoms with Crippen LogP contribution in [0.5, 0.6) is 0 Å². The van der Waals surface area contributed by atoms with E-state index >= 15 is 0 Å². The second-order valence-electron chi connectivity index (χ2n) is 6.65. The van der Waals surface area contributed by atoms with Crippen molar-refractivity contribution >= 4 is 0 Å². The highest BCUT2D eigenvalue weighted by Gasteiger charge is 2.32. The number of piperidine rings is 1. The van der Waals surface area contributed by atoms with Crippen molar-refractivity contribution in [1.29, 1.82) is 0 Å². The Kier molecular flexibility index (Phi) is 3.72. The second kappa shape index (κ2) is 5.27. The van der Waals surface area contributed by atoms with Crippen LogP contribution in [-0.2, 0) is 0 Å². The molecule has 0 spiro atoms. The van der Waals surface area contributed by atoms with Gasteiger partial charge in [-0.3, -0.25) is 0 Å². The van der Waals surface area contributed by atoms with Crippen LogP contribution in [0.15, 0.2) is 0 Å². The molecule has 3 aliphatic rings. The standard InChI is InChI=1S/C15H28N2/c1-12(10-13-4-2-5-13)16-14-7-9-17-8-3-6-15(17)11-14/h12-16H,2-11H2,1H3. The quantitative estimate of drug-likeness (QED) is 0.807.